The summed E-state index contributed by atoms with van der Waals surface area (Å²) in [5, 5.41) is 24.9. The molecule has 62 heavy (non-hydrogen) atoms. The predicted molar refractivity (Wildman–Crippen MR) is 227 cm³/mol. The van der Waals surface area contributed by atoms with Crippen LogP contribution in [0.1, 0.15) is 72.6 Å². The Morgan fingerprint density at radius 2 is 1.24 bits per heavy atom. The summed E-state index contributed by atoms with van der Waals surface area (Å²) in [5.74, 6) is 1.93. The maximum atomic E-state index is 13.9. The Morgan fingerprint density at radius 1 is 0.677 bits per heavy atom. The first kappa shape index (κ1) is 38.3. The molecule has 7 aromatic rings. The van der Waals surface area contributed by atoms with Gasteiger partial charge >= 0.3 is 12.2 Å². The third kappa shape index (κ3) is 6.84. The Balaban J connectivity index is 0.884. The number of H-pyrrole nitrogens is 2. The number of likely N-dealkylation sites (tertiary alicyclic amines) is 2. The number of aromatic nitrogens is 5. The van der Waals surface area contributed by atoms with Crippen molar-refractivity contribution in [2.75, 3.05) is 13.1 Å². The van der Waals surface area contributed by atoms with Crippen molar-refractivity contribution >= 4 is 34.9 Å². The lowest BCUT2D eigenvalue weighted by atomic mass is 10.0. The fourth-order valence-electron chi connectivity index (χ4n) is 9.20. The zero-order valence-electron chi connectivity index (χ0n) is 33.2. The van der Waals surface area contributed by atoms with Crippen molar-refractivity contribution < 1.29 is 34.1 Å². The molecule has 4 amide bonds. The number of fused-ring (bicyclic) bond motifs is 2. The molecule has 0 spiro atoms. The lowest BCUT2D eigenvalue weighted by Crippen LogP contribution is -2.42. The molecule has 2 fully saturated rings. The molecule has 0 saturated carbocycles. The van der Waals surface area contributed by atoms with Crippen molar-refractivity contribution in [3.63, 3.8) is 0 Å². The van der Waals surface area contributed by atoms with Gasteiger partial charge in [0.15, 0.2) is 11.5 Å². The van der Waals surface area contributed by atoms with Crippen molar-refractivity contribution in [1.82, 2.24) is 44.9 Å². The maximum Gasteiger partial charge on any atom is 0.405 e. The van der Waals surface area contributed by atoms with E-state index in [0.29, 0.717) is 60.2 Å². The van der Waals surface area contributed by atoms with Crippen LogP contribution in [0.4, 0.5) is 9.59 Å². The molecule has 10 rings (SSSR count). The molecule has 0 radical (unpaired) electrons. The smallest absolute Gasteiger partial charge is 0.405 e. The number of imidazole rings is 2. The van der Waals surface area contributed by atoms with E-state index in [1.807, 2.05) is 54.7 Å². The highest BCUT2D eigenvalue weighted by molar-refractivity contribution is 6.00. The number of hydrogen-bond donors (Lipinski definition) is 6. The molecular weight excluding hydrogens is 791 g/mol. The molecule has 6 N–H and O–H groups in total. The number of rotatable bonds is 10. The van der Waals surface area contributed by atoms with Gasteiger partial charge in [-0.3, -0.25) is 9.59 Å². The molecule has 2 saturated heterocycles. The molecule has 312 valence electrons. The van der Waals surface area contributed by atoms with Crippen LogP contribution in [-0.4, -0.2) is 81.6 Å². The fourth-order valence-corrected chi connectivity index (χ4v) is 9.20. The normalized spacial score (nSPS) is 17.6. The van der Waals surface area contributed by atoms with Gasteiger partial charge in [0.2, 0.25) is 0 Å². The highest BCUT2D eigenvalue weighted by Gasteiger charge is 2.38. The zero-order valence-corrected chi connectivity index (χ0v) is 33.2. The van der Waals surface area contributed by atoms with Crippen LogP contribution in [0, 0.1) is 0 Å². The van der Waals surface area contributed by atoms with Crippen LogP contribution in [0.15, 0.2) is 116 Å². The highest BCUT2D eigenvalue weighted by atomic mass is 16.5. The van der Waals surface area contributed by atoms with E-state index in [0.717, 1.165) is 51.9 Å². The monoisotopic (exact) mass is 831 g/mol. The second-order valence-electron chi connectivity index (χ2n) is 15.7. The Labute approximate surface area is 354 Å². The molecular formula is C46H41N9O7. The zero-order chi connectivity index (χ0) is 42.5. The molecule has 3 aliphatic heterocycles. The molecule has 6 heterocycles. The van der Waals surface area contributed by atoms with Gasteiger partial charge in [-0.25, -0.2) is 19.6 Å². The number of aromatic amines is 2. The first-order chi connectivity index (χ1) is 30.2. The molecule has 3 aliphatic rings. The Kier molecular flexibility index (Phi) is 9.66. The minimum atomic E-state index is -1.27. The third-order valence-electron chi connectivity index (χ3n) is 12.0. The molecule has 4 aromatic carbocycles. The topological polar surface area (TPSA) is 211 Å². The standard InChI is InChI=1S/C46H41N9O7/c56-43(38(51-45(58)59)26-9-3-1-4-10-26)54-20-7-13-34(54)41-47-24-31(49-41)28-15-17-33-37(23-28)62-36-18-16-29(30-19-22-53(33)40(30)36)32-25-48-42(50-32)35-14-8-21-55(35)44(57)39(52-46(60)61)27-11-5-2-6-12-27/h1-6,9-12,15-19,22-25,34-35,38-39,51-52H,7-8,13-14,20-21H2,(H,47,49)(H,48,50)(H,58,59)(H,60,61)/t34-,35?,38+,39?/m0/s1. The number of ether oxygens (including phenoxy) is 1. The summed E-state index contributed by atoms with van der Waals surface area (Å²) in [5.41, 5.74) is 6.17. The van der Waals surface area contributed by atoms with Crippen LogP contribution in [-0.2, 0) is 9.59 Å². The van der Waals surface area contributed by atoms with Gasteiger partial charge < -0.3 is 49.9 Å². The van der Waals surface area contributed by atoms with Crippen molar-refractivity contribution in [2.24, 2.45) is 0 Å². The molecule has 0 aliphatic carbocycles. The summed E-state index contributed by atoms with van der Waals surface area (Å²) in [4.78, 5) is 70.9. The first-order valence-electron chi connectivity index (χ1n) is 20.5. The molecule has 4 atom stereocenters. The Bertz CT molecular complexity index is 2850. The average molecular weight is 832 g/mol. The summed E-state index contributed by atoms with van der Waals surface area (Å²) < 4.78 is 8.65. The quantitative estimate of drug-likeness (QED) is 0.0791. The van der Waals surface area contributed by atoms with Gasteiger partial charge in [-0.15, -0.1) is 0 Å². The molecule has 16 nitrogen and oxygen atoms in total. The second kappa shape index (κ2) is 15.6. The van der Waals surface area contributed by atoms with E-state index in [4.69, 9.17) is 14.7 Å². The number of nitrogens with zero attached hydrogens (tertiary/aromatic N) is 5. The number of benzene rings is 4. The summed E-state index contributed by atoms with van der Waals surface area (Å²) >= 11 is 0. The van der Waals surface area contributed by atoms with Crippen LogP contribution >= 0.6 is 0 Å². The van der Waals surface area contributed by atoms with Crippen LogP contribution < -0.4 is 15.4 Å². The number of hydrogen-bond acceptors (Lipinski definition) is 7. The number of amides is 4. The van der Waals surface area contributed by atoms with Crippen molar-refractivity contribution in [3.8, 4) is 39.7 Å². The van der Waals surface area contributed by atoms with E-state index in [9.17, 15) is 29.4 Å². The summed E-state index contributed by atoms with van der Waals surface area (Å²) in [6, 6.07) is 26.8. The van der Waals surface area contributed by atoms with Gasteiger partial charge in [0.25, 0.3) is 11.8 Å². The Hall–Kier alpha value is -7.88. The van der Waals surface area contributed by atoms with E-state index >= 15 is 0 Å². The lowest BCUT2D eigenvalue weighted by Gasteiger charge is -2.28. The number of carbonyl (C=O) groups is 4. The average Bonchev–Trinajstić information content (AvgIpc) is 4.14. The fraction of sp³-hybridized carbons (Fsp3) is 0.217. The number of carbonyl (C=O) groups excluding carboxylic acids is 2. The van der Waals surface area contributed by atoms with E-state index in [1.165, 1.54) is 0 Å². The second-order valence-corrected chi connectivity index (χ2v) is 15.7. The molecule has 0 bridgehead atoms. The van der Waals surface area contributed by atoms with E-state index in [-0.39, 0.29) is 23.9 Å². The third-order valence-corrected chi connectivity index (χ3v) is 12.0. The SMILES string of the molecule is O=C(O)NC(C(=O)N1CCCC1c1ncc(-c2ccc3c4c2ccn4-c2ccc(-c4cnc([C@@H]5CCCN5C(=O)[C@H](NC(=O)O)c5ccccc5)[nH]4)cc2O3)[nH]1)c1ccccc1. The lowest BCUT2D eigenvalue weighted by molar-refractivity contribution is -0.135. The summed E-state index contributed by atoms with van der Waals surface area (Å²) in [6.45, 7) is 0.963. The van der Waals surface area contributed by atoms with Crippen LogP contribution in [0.5, 0.6) is 11.5 Å². The van der Waals surface area contributed by atoms with Crippen LogP contribution in [0.25, 0.3) is 39.1 Å². The minimum Gasteiger partial charge on any atom is -0.465 e. The Morgan fingerprint density at radius 3 is 1.82 bits per heavy atom. The van der Waals surface area contributed by atoms with Gasteiger partial charge in [-0.1, -0.05) is 66.7 Å². The van der Waals surface area contributed by atoms with E-state index in [2.05, 4.69) is 25.2 Å². The first-order valence-corrected chi connectivity index (χ1v) is 20.5. The highest BCUT2D eigenvalue weighted by Crippen LogP contribution is 2.45. The molecule has 3 aromatic heterocycles. The predicted octanol–water partition coefficient (Wildman–Crippen LogP) is 7.86. The minimum absolute atomic E-state index is 0.325. The van der Waals surface area contributed by atoms with Gasteiger partial charge in [0, 0.05) is 35.8 Å². The number of nitrogens with one attached hydrogen (secondary N) is 4. The van der Waals surface area contributed by atoms with Crippen LogP contribution in [0.3, 0.4) is 0 Å². The van der Waals surface area contributed by atoms with Gasteiger partial charge in [0.1, 0.15) is 23.7 Å². The summed E-state index contributed by atoms with van der Waals surface area (Å²) in [7, 11) is 0. The van der Waals surface area contributed by atoms with Gasteiger partial charge in [0.05, 0.1) is 47.1 Å². The molecule has 2 unspecified atom stereocenters. The van der Waals surface area contributed by atoms with Crippen molar-refractivity contribution in [3.05, 3.63) is 138 Å². The largest absolute Gasteiger partial charge is 0.465 e. The van der Waals surface area contributed by atoms with E-state index < -0.39 is 24.3 Å². The van der Waals surface area contributed by atoms with Crippen LogP contribution in [0.2, 0.25) is 0 Å². The van der Waals surface area contributed by atoms with Gasteiger partial charge in [-0.2, -0.15) is 0 Å². The number of carboxylic acid groups (broad SMARTS) is 2. The maximum absolute atomic E-state index is 13.9. The van der Waals surface area contributed by atoms with Crippen molar-refractivity contribution in [2.45, 2.75) is 49.9 Å². The van der Waals surface area contributed by atoms with Gasteiger partial charge in [-0.05, 0) is 67.1 Å². The van der Waals surface area contributed by atoms with E-state index in [1.54, 1.807) is 70.7 Å². The summed E-state index contributed by atoms with van der Waals surface area (Å²) in [6.07, 6.45) is 5.86. The molecule has 16 heteroatoms. The van der Waals surface area contributed by atoms with Crippen molar-refractivity contribution in [1.29, 1.82) is 0 Å².